The highest BCUT2D eigenvalue weighted by Gasteiger charge is 2.05. The highest BCUT2D eigenvalue weighted by molar-refractivity contribution is 5.54. The van der Waals surface area contributed by atoms with Crippen LogP contribution in [0, 0.1) is 12.8 Å². The largest absolute Gasteiger partial charge is 0.385 e. The number of nitrogens with zero attached hydrogens (tertiary/aromatic N) is 4. The first-order chi connectivity index (χ1) is 9.20. The lowest BCUT2D eigenvalue weighted by molar-refractivity contribution is 0.551. The molecular formula is C14H21N5. The fourth-order valence-corrected chi connectivity index (χ4v) is 2.12. The number of hydrogen-bond donors (Lipinski definition) is 1. The van der Waals surface area contributed by atoms with Crippen molar-refractivity contribution in [3.63, 3.8) is 0 Å². The molecule has 1 unspecified atom stereocenters. The van der Waals surface area contributed by atoms with Gasteiger partial charge in [0.1, 0.15) is 6.33 Å². The number of rotatable bonds is 6. The van der Waals surface area contributed by atoms with Gasteiger partial charge in [0, 0.05) is 12.2 Å². The smallest absolute Gasteiger partial charge is 0.143 e. The molecule has 1 N–H and O–H groups in total. The molecule has 1 heterocycles. The standard InChI is InChI=1S/C14H21N5/c1-4-5-11(2)9-15-13-7-6-12(3)14(8-13)19-10-16-17-18-19/h6-8,10-11,15H,4-5,9H2,1-3H3. The number of anilines is 1. The first kappa shape index (κ1) is 13.5. The van der Waals surface area contributed by atoms with E-state index in [-0.39, 0.29) is 0 Å². The van der Waals surface area contributed by atoms with Gasteiger partial charge in [-0.15, -0.1) is 5.10 Å². The predicted molar refractivity (Wildman–Crippen MR) is 76.5 cm³/mol. The number of tetrazole rings is 1. The molecule has 0 radical (unpaired) electrons. The van der Waals surface area contributed by atoms with Crippen LogP contribution < -0.4 is 5.32 Å². The van der Waals surface area contributed by atoms with E-state index in [0.29, 0.717) is 5.92 Å². The van der Waals surface area contributed by atoms with Crippen LogP contribution in [0.2, 0.25) is 0 Å². The van der Waals surface area contributed by atoms with Gasteiger partial charge in [-0.1, -0.05) is 26.3 Å². The predicted octanol–water partition coefficient (Wildman–Crippen LogP) is 2.82. The van der Waals surface area contributed by atoms with Crippen molar-refractivity contribution < 1.29 is 0 Å². The van der Waals surface area contributed by atoms with Gasteiger partial charge in [-0.05, 0) is 47.4 Å². The first-order valence-corrected chi connectivity index (χ1v) is 6.78. The first-order valence-electron chi connectivity index (χ1n) is 6.78. The Morgan fingerprint density at radius 1 is 1.37 bits per heavy atom. The van der Waals surface area contributed by atoms with Gasteiger partial charge >= 0.3 is 0 Å². The number of aryl methyl sites for hydroxylation is 1. The molecule has 0 aliphatic carbocycles. The molecule has 5 nitrogen and oxygen atoms in total. The summed E-state index contributed by atoms with van der Waals surface area (Å²) >= 11 is 0. The molecule has 0 bridgehead atoms. The Bertz CT molecular complexity index is 507. The van der Waals surface area contributed by atoms with Gasteiger partial charge in [-0.25, -0.2) is 4.68 Å². The van der Waals surface area contributed by atoms with Crippen molar-refractivity contribution in [1.29, 1.82) is 0 Å². The zero-order valence-electron chi connectivity index (χ0n) is 11.8. The van der Waals surface area contributed by atoms with Crippen LogP contribution in [0.3, 0.4) is 0 Å². The summed E-state index contributed by atoms with van der Waals surface area (Å²) < 4.78 is 1.69. The molecule has 1 aromatic carbocycles. The summed E-state index contributed by atoms with van der Waals surface area (Å²) in [5.41, 5.74) is 3.27. The maximum Gasteiger partial charge on any atom is 0.143 e. The van der Waals surface area contributed by atoms with Gasteiger partial charge in [-0.2, -0.15) is 0 Å². The van der Waals surface area contributed by atoms with Crippen molar-refractivity contribution in [3.8, 4) is 5.69 Å². The maximum absolute atomic E-state index is 3.94. The van der Waals surface area contributed by atoms with Gasteiger partial charge < -0.3 is 5.32 Å². The lowest BCUT2D eigenvalue weighted by atomic mass is 10.1. The molecule has 0 aliphatic heterocycles. The third-order valence-corrected chi connectivity index (χ3v) is 3.24. The van der Waals surface area contributed by atoms with E-state index in [1.807, 2.05) is 0 Å². The van der Waals surface area contributed by atoms with Crippen LogP contribution in [0.25, 0.3) is 5.69 Å². The van der Waals surface area contributed by atoms with Crippen LogP contribution in [0.5, 0.6) is 0 Å². The maximum atomic E-state index is 3.94. The second-order valence-electron chi connectivity index (χ2n) is 5.03. The summed E-state index contributed by atoms with van der Waals surface area (Å²) in [5.74, 6) is 0.683. The number of benzene rings is 1. The van der Waals surface area contributed by atoms with Crippen LogP contribution in [0.1, 0.15) is 32.3 Å². The van der Waals surface area contributed by atoms with Crippen molar-refractivity contribution in [2.45, 2.75) is 33.6 Å². The lowest BCUT2D eigenvalue weighted by Crippen LogP contribution is -2.11. The molecule has 2 rings (SSSR count). The number of hydrogen-bond acceptors (Lipinski definition) is 4. The van der Waals surface area contributed by atoms with Crippen molar-refractivity contribution >= 4 is 5.69 Å². The number of nitrogens with one attached hydrogen (secondary N) is 1. The Morgan fingerprint density at radius 3 is 2.89 bits per heavy atom. The molecule has 0 saturated carbocycles. The van der Waals surface area contributed by atoms with Crippen LogP contribution in [-0.4, -0.2) is 26.8 Å². The summed E-state index contributed by atoms with van der Waals surface area (Å²) in [6.45, 7) is 7.54. The minimum Gasteiger partial charge on any atom is -0.385 e. The topological polar surface area (TPSA) is 55.6 Å². The van der Waals surface area contributed by atoms with Crippen LogP contribution in [-0.2, 0) is 0 Å². The van der Waals surface area contributed by atoms with Crippen molar-refractivity contribution in [2.75, 3.05) is 11.9 Å². The molecule has 5 heteroatoms. The normalized spacial score (nSPS) is 12.4. The minimum atomic E-state index is 0.683. The van der Waals surface area contributed by atoms with E-state index < -0.39 is 0 Å². The Kier molecular flexibility index (Phi) is 4.49. The molecule has 102 valence electrons. The quantitative estimate of drug-likeness (QED) is 0.866. The molecule has 0 aliphatic rings. The second kappa shape index (κ2) is 6.31. The average Bonchev–Trinajstić information content (AvgIpc) is 2.92. The summed E-state index contributed by atoms with van der Waals surface area (Å²) in [6, 6.07) is 6.27. The molecule has 0 amide bonds. The van der Waals surface area contributed by atoms with Gasteiger partial charge in [0.05, 0.1) is 5.69 Å². The lowest BCUT2D eigenvalue weighted by Gasteiger charge is -2.14. The Hall–Kier alpha value is -1.91. The summed E-state index contributed by atoms with van der Waals surface area (Å²) in [5, 5.41) is 14.8. The molecular weight excluding hydrogens is 238 g/mol. The van der Waals surface area contributed by atoms with E-state index in [1.165, 1.54) is 12.8 Å². The fourth-order valence-electron chi connectivity index (χ4n) is 2.12. The Morgan fingerprint density at radius 2 is 2.21 bits per heavy atom. The average molecular weight is 259 g/mol. The van der Waals surface area contributed by atoms with Crippen LogP contribution in [0.4, 0.5) is 5.69 Å². The SMILES string of the molecule is CCCC(C)CNc1ccc(C)c(-n2cnnn2)c1. The molecule has 0 spiro atoms. The summed E-state index contributed by atoms with van der Waals surface area (Å²) in [4.78, 5) is 0. The van der Waals surface area contributed by atoms with E-state index in [9.17, 15) is 0 Å². The Labute approximate surface area is 114 Å². The van der Waals surface area contributed by atoms with E-state index in [4.69, 9.17) is 0 Å². The molecule has 2 aromatic rings. The van der Waals surface area contributed by atoms with Gasteiger partial charge in [0.15, 0.2) is 0 Å². The Balaban J connectivity index is 2.09. The summed E-state index contributed by atoms with van der Waals surface area (Å²) in [6.07, 6.45) is 4.09. The second-order valence-corrected chi connectivity index (χ2v) is 5.03. The zero-order valence-corrected chi connectivity index (χ0v) is 11.8. The zero-order chi connectivity index (χ0) is 13.7. The van der Waals surface area contributed by atoms with E-state index in [2.05, 4.69) is 59.8 Å². The number of aromatic nitrogens is 4. The van der Waals surface area contributed by atoms with Gasteiger partial charge in [-0.3, -0.25) is 0 Å². The molecule has 19 heavy (non-hydrogen) atoms. The fraction of sp³-hybridized carbons (Fsp3) is 0.500. The van der Waals surface area contributed by atoms with Crippen molar-refractivity contribution in [3.05, 3.63) is 30.1 Å². The minimum absolute atomic E-state index is 0.683. The van der Waals surface area contributed by atoms with Crippen molar-refractivity contribution in [1.82, 2.24) is 20.2 Å². The monoisotopic (exact) mass is 259 g/mol. The third-order valence-electron chi connectivity index (χ3n) is 3.24. The summed E-state index contributed by atoms with van der Waals surface area (Å²) in [7, 11) is 0. The van der Waals surface area contributed by atoms with Gasteiger partial charge in [0.25, 0.3) is 0 Å². The van der Waals surface area contributed by atoms with Crippen LogP contribution >= 0.6 is 0 Å². The molecule has 0 fully saturated rings. The molecule has 1 aromatic heterocycles. The highest BCUT2D eigenvalue weighted by atomic mass is 15.5. The van der Waals surface area contributed by atoms with Gasteiger partial charge in [0.2, 0.25) is 0 Å². The van der Waals surface area contributed by atoms with E-state index in [0.717, 1.165) is 23.5 Å². The molecule has 0 saturated heterocycles. The van der Waals surface area contributed by atoms with Crippen molar-refractivity contribution in [2.24, 2.45) is 5.92 Å². The van der Waals surface area contributed by atoms with Crippen LogP contribution in [0.15, 0.2) is 24.5 Å². The third kappa shape index (κ3) is 3.53. The van der Waals surface area contributed by atoms with E-state index in [1.54, 1.807) is 11.0 Å². The highest BCUT2D eigenvalue weighted by Crippen LogP contribution is 2.19. The molecule has 1 atom stereocenters. The van der Waals surface area contributed by atoms with E-state index >= 15 is 0 Å².